The Morgan fingerprint density at radius 3 is 2.09 bits per heavy atom. The van der Waals surface area contributed by atoms with E-state index < -0.39 is 86.2 Å². The molecule has 4 heterocycles. The maximum atomic E-state index is 14.6. The van der Waals surface area contributed by atoms with Crippen molar-refractivity contribution in [3.05, 3.63) is 168 Å². The van der Waals surface area contributed by atoms with Gasteiger partial charge in [-0.15, -0.1) is 0 Å². The lowest BCUT2D eigenvalue weighted by Gasteiger charge is -2.37. The fourth-order valence-electron chi connectivity index (χ4n) is 8.89. The number of carbonyl (C=O) groups is 2. The molecule has 0 spiro atoms. The van der Waals surface area contributed by atoms with E-state index in [2.05, 4.69) is 44.7 Å². The number of rotatable bonds is 24. The number of methoxy groups -OCH3 is 2. The predicted octanol–water partition coefficient (Wildman–Crippen LogP) is 5.70. The normalized spacial score (nSPS) is 20.1. The van der Waals surface area contributed by atoms with E-state index in [1.807, 2.05) is 66.7 Å². The molecule has 8 rings (SSSR count). The predicted molar refractivity (Wildman–Crippen MR) is 280 cm³/mol. The van der Waals surface area contributed by atoms with Crippen molar-refractivity contribution in [2.45, 2.75) is 82.0 Å². The summed E-state index contributed by atoms with van der Waals surface area (Å²) >= 11 is 0. The lowest BCUT2D eigenvalue weighted by molar-refractivity contribution is -0.118. The first kappa shape index (κ1) is 55.8. The van der Waals surface area contributed by atoms with Crippen LogP contribution in [-0.4, -0.2) is 109 Å². The highest BCUT2D eigenvalue weighted by molar-refractivity contribution is 7.48. The van der Waals surface area contributed by atoms with Gasteiger partial charge in [0, 0.05) is 31.7 Å². The molecule has 1 unspecified atom stereocenters. The maximum Gasteiger partial charge on any atom is 0.474 e. The minimum Gasteiger partial charge on any atom is -0.497 e. The van der Waals surface area contributed by atoms with Crippen LogP contribution in [0.25, 0.3) is 0 Å². The highest BCUT2D eigenvalue weighted by Gasteiger charge is 2.47. The Labute approximate surface area is 441 Å². The number of nitrogens with one attached hydrogen (secondary N) is 5. The van der Waals surface area contributed by atoms with E-state index in [1.54, 1.807) is 50.6 Å². The molecule has 2 amide bonds. The van der Waals surface area contributed by atoms with Gasteiger partial charge < -0.3 is 44.2 Å². The van der Waals surface area contributed by atoms with Gasteiger partial charge in [0.15, 0.2) is 12.4 Å². The highest BCUT2D eigenvalue weighted by Crippen LogP contribution is 2.53. The quantitative estimate of drug-likeness (QED) is 0.0241. The molecule has 7 atom stereocenters. The summed E-state index contributed by atoms with van der Waals surface area (Å²) in [4.78, 5) is 72.2. The molecule has 408 valence electrons. The number of ether oxygens (including phenoxy) is 6. The first-order valence-corrected chi connectivity index (χ1v) is 25.9. The van der Waals surface area contributed by atoms with Crippen molar-refractivity contribution in [1.82, 2.24) is 19.5 Å². The smallest absolute Gasteiger partial charge is 0.474 e. The zero-order valence-electron chi connectivity index (χ0n) is 43.0. The summed E-state index contributed by atoms with van der Waals surface area (Å²) in [6.45, 7) is 4.40. The summed E-state index contributed by atoms with van der Waals surface area (Å²) in [5.74, 6) is 0.803. The van der Waals surface area contributed by atoms with Gasteiger partial charge in [-0.2, -0.15) is 4.98 Å². The van der Waals surface area contributed by atoms with Gasteiger partial charge in [-0.25, -0.2) is 9.36 Å². The van der Waals surface area contributed by atoms with Crippen LogP contribution in [0.4, 0.5) is 17.5 Å². The first-order valence-electron chi connectivity index (χ1n) is 24.5. The van der Waals surface area contributed by atoms with Crippen molar-refractivity contribution in [2.24, 2.45) is 0 Å². The standard InChI is InChI=1S/C53H60N7O16P/c1-31(2)33-12-18-39(19-13-33)71-29-44(63)55-51-57-48(47(54-30-61)50(65)58-51)56-45-24-40(62)42(74-45)28-73-77(67,70-6)76-41-25-46(60-26-32(3)49(64)59-52(60)66)75-43(41)27-72-53(34-10-8-7-9-11-34,35-14-20-37(68-4)21-15-35)36-16-22-38(69-5)23-17-36/h7-23,26,30-31,40-43,45-46,62H,24-25,27-29H2,1-6H3,(H,54,61)(H,59,64,66)(H3,55,56,57,58,63,65)/t40-,41-,42+,43+,45-,46+,77?/m0/s1. The lowest BCUT2D eigenvalue weighted by Crippen LogP contribution is -2.38. The fourth-order valence-corrected chi connectivity index (χ4v) is 10.0. The van der Waals surface area contributed by atoms with Crippen molar-refractivity contribution < 1.29 is 61.3 Å². The summed E-state index contributed by atoms with van der Waals surface area (Å²) in [6.07, 6.45) is -5.47. The SMILES string of the molecule is COc1ccc(C(OC[C@H]2O[C@@H](n3cc(C)c(=O)[nH]c3=O)C[C@@H]2OP(=O)(OC)OC[C@H]2O[C@H](Nc3nc(NC(=O)COc4ccc(C(C)C)cc4)[nH]c(=O)c3NC=O)C[C@@H]2O)(c2ccccc2)c2ccc(OC)cc2)cc1. The molecule has 0 aliphatic carbocycles. The van der Waals surface area contributed by atoms with Crippen molar-refractivity contribution in [1.29, 1.82) is 0 Å². The van der Waals surface area contributed by atoms with E-state index in [1.165, 1.54) is 17.7 Å². The van der Waals surface area contributed by atoms with Gasteiger partial charge in [0.25, 0.3) is 17.0 Å². The Balaban J connectivity index is 1.00. The van der Waals surface area contributed by atoms with Crippen molar-refractivity contribution in [2.75, 3.05) is 57.1 Å². The topological polar surface area (TPSA) is 291 Å². The van der Waals surface area contributed by atoms with Crippen LogP contribution in [0, 0.1) is 6.92 Å². The number of aryl methyl sites for hydroxylation is 1. The molecule has 2 fully saturated rings. The van der Waals surface area contributed by atoms with Crippen LogP contribution in [0.3, 0.4) is 0 Å². The Kier molecular flexibility index (Phi) is 17.9. The Bertz CT molecular complexity index is 3160. The number of amides is 2. The number of aromatic nitrogens is 4. The third-order valence-electron chi connectivity index (χ3n) is 13.0. The molecule has 23 nitrogen and oxygen atoms in total. The summed E-state index contributed by atoms with van der Waals surface area (Å²) < 4.78 is 69.5. The molecule has 0 bridgehead atoms. The van der Waals surface area contributed by atoms with Crippen molar-refractivity contribution >= 4 is 37.6 Å². The second-order valence-corrected chi connectivity index (χ2v) is 20.0. The lowest BCUT2D eigenvalue weighted by atomic mass is 9.80. The monoisotopic (exact) mass is 1080 g/mol. The van der Waals surface area contributed by atoms with Crippen molar-refractivity contribution in [3.63, 3.8) is 0 Å². The number of carbonyl (C=O) groups excluding carboxylic acids is 2. The second-order valence-electron chi connectivity index (χ2n) is 18.3. The molecule has 2 aliphatic heterocycles. The number of H-pyrrole nitrogens is 2. The maximum absolute atomic E-state index is 14.6. The number of phosphoric acid groups is 1. The molecular weight excluding hydrogens is 1020 g/mol. The van der Waals surface area contributed by atoms with E-state index in [9.17, 15) is 33.6 Å². The molecule has 6 aromatic rings. The van der Waals surface area contributed by atoms with Crippen LogP contribution in [0.5, 0.6) is 17.2 Å². The average Bonchev–Trinajstić information content (AvgIpc) is 4.03. The zero-order valence-corrected chi connectivity index (χ0v) is 43.9. The molecule has 4 aromatic carbocycles. The number of aliphatic hydroxyl groups is 1. The first-order chi connectivity index (χ1) is 37.0. The number of phosphoric ester groups is 1. The summed E-state index contributed by atoms with van der Waals surface area (Å²) in [7, 11) is -0.380. The molecule has 2 saturated heterocycles. The van der Waals surface area contributed by atoms with E-state index in [0.29, 0.717) is 34.3 Å². The molecule has 24 heteroatoms. The molecule has 77 heavy (non-hydrogen) atoms. The number of benzene rings is 4. The number of aromatic amines is 2. The zero-order chi connectivity index (χ0) is 54.9. The second kappa shape index (κ2) is 24.7. The number of hydrogen-bond acceptors (Lipinski definition) is 18. The summed E-state index contributed by atoms with van der Waals surface area (Å²) in [6, 6.07) is 31.4. The van der Waals surface area contributed by atoms with E-state index >= 15 is 0 Å². The van der Waals surface area contributed by atoms with Gasteiger partial charge in [0.2, 0.25) is 12.4 Å². The van der Waals surface area contributed by atoms with Gasteiger partial charge in [0.05, 0.1) is 33.5 Å². The molecule has 0 radical (unpaired) electrons. The Morgan fingerprint density at radius 1 is 0.844 bits per heavy atom. The fraction of sp³-hybridized carbons (Fsp3) is 0.358. The molecule has 2 aliphatic rings. The summed E-state index contributed by atoms with van der Waals surface area (Å²) in [5.41, 5.74) is -0.387. The third kappa shape index (κ3) is 13.0. The van der Waals surface area contributed by atoms with Crippen LogP contribution in [0.15, 0.2) is 124 Å². The number of nitrogens with zero attached hydrogens (tertiary/aromatic N) is 2. The van der Waals surface area contributed by atoms with E-state index in [0.717, 1.165) is 18.2 Å². The van der Waals surface area contributed by atoms with Crippen molar-refractivity contribution in [3.8, 4) is 17.2 Å². The Hall–Kier alpha value is -7.47. The van der Waals surface area contributed by atoms with Crippen LogP contribution >= 0.6 is 7.82 Å². The van der Waals surface area contributed by atoms with Crippen LogP contribution in [0.2, 0.25) is 0 Å². The Morgan fingerprint density at radius 2 is 1.48 bits per heavy atom. The van der Waals surface area contributed by atoms with Gasteiger partial charge in [-0.05, 0) is 71.5 Å². The van der Waals surface area contributed by atoms with Crippen LogP contribution < -0.4 is 47.0 Å². The van der Waals surface area contributed by atoms with Gasteiger partial charge in [0.1, 0.15) is 59.3 Å². The number of anilines is 3. The minimum absolute atomic E-state index is 0.115. The molecule has 2 aromatic heterocycles. The van der Waals surface area contributed by atoms with Crippen LogP contribution in [0.1, 0.15) is 66.7 Å². The molecule has 0 saturated carbocycles. The third-order valence-corrected chi connectivity index (χ3v) is 14.4. The largest absolute Gasteiger partial charge is 0.497 e. The highest BCUT2D eigenvalue weighted by atomic mass is 31.2. The number of hydrogen-bond donors (Lipinski definition) is 6. The molecule has 6 N–H and O–H groups in total. The average molecular weight is 1080 g/mol. The van der Waals surface area contributed by atoms with Gasteiger partial charge in [-0.1, -0.05) is 80.6 Å². The minimum atomic E-state index is -4.61. The van der Waals surface area contributed by atoms with Crippen LogP contribution in [-0.2, 0) is 47.5 Å². The number of aliphatic hydroxyl groups excluding tert-OH is 1. The van der Waals surface area contributed by atoms with Gasteiger partial charge in [-0.3, -0.25) is 52.6 Å². The summed E-state index contributed by atoms with van der Waals surface area (Å²) in [5, 5.41) is 18.8. The molecular formula is C53H60N7O16P. The van der Waals surface area contributed by atoms with Gasteiger partial charge >= 0.3 is 13.5 Å². The van der Waals surface area contributed by atoms with E-state index in [-0.39, 0.29) is 48.9 Å². The van der Waals surface area contributed by atoms with E-state index in [4.69, 9.17) is 42.0 Å².